The summed E-state index contributed by atoms with van der Waals surface area (Å²) in [5, 5.41) is 10.1. The predicted molar refractivity (Wildman–Crippen MR) is 77.8 cm³/mol. The Balaban J connectivity index is 2.29. The number of nitrogens with zero attached hydrogens (tertiary/aromatic N) is 1. The first kappa shape index (κ1) is 14.6. The van der Waals surface area contributed by atoms with Crippen LogP contribution in [0.2, 0.25) is 5.02 Å². The number of rotatable bonds is 5. The van der Waals surface area contributed by atoms with Crippen LogP contribution < -0.4 is 4.74 Å². The highest BCUT2D eigenvalue weighted by atomic mass is 35.5. The third-order valence-corrected chi connectivity index (χ3v) is 4.17. The van der Waals surface area contributed by atoms with Crippen LogP contribution in [0.25, 0.3) is 0 Å². The Hall–Kier alpha value is -0.770. The summed E-state index contributed by atoms with van der Waals surface area (Å²) in [4.78, 5) is 2.44. The SMILES string of the molecule is COc1ccc(C(C(C)CO)N2CCCC2)cc1Cl. The summed E-state index contributed by atoms with van der Waals surface area (Å²) in [6.45, 7) is 4.46. The second-order valence-electron chi connectivity index (χ2n) is 5.24. The molecule has 3 nitrogen and oxygen atoms in total. The van der Waals surface area contributed by atoms with Crippen molar-refractivity contribution < 1.29 is 9.84 Å². The summed E-state index contributed by atoms with van der Waals surface area (Å²) in [7, 11) is 1.62. The Labute approximate surface area is 120 Å². The van der Waals surface area contributed by atoms with Crippen LogP contribution in [0.3, 0.4) is 0 Å². The molecule has 0 aromatic heterocycles. The maximum Gasteiger partial charge on any atom is 0.137 e. The van der Waals surface area contributed by atoms with E-state index in [2.05, 4.69) is 17.9 Å². The third-order valence-electron chi connectivity index (χ3n) is 3.88. The molecule has 1 aliphatic heterocycles. The van der Waals surface area contributed by atoms with Gasteiger partial charge in [0.1, 0.15) is 5.75 Å². The fraction of sp³-hybridized carbons (Fsp3) is 0.600. The lowest BCUT2D eigenvalue weighted by Crippen LogP contribution is -2.31. The van der Waals surface area contributed by atoms with Crippen molar-refractivity contribution in [3.63, 3.8) is 0 Å². The van der Waals surface area contributed by atoms with Crippen molar-refractivity contribution in [2.24, 2.45) is 5.92 Å². The van der Waals surface area contributed by atoms with Gasteiger partial charge in [0.2, 0.25) is 0 Å². The van der Waals surface area contributed by atoms with Crippen LogP contribution in [-0.2, 0) is 0 Å². The first-order chi connectivity index (χ1) is 9.17. The van der Waals surface area contributed by atoms with Gasteiger partial charge in [0.25, 0.3) is 0 Å². The molecular weight excluding hydrogens is 262 g/mol. The van der Waals surface area contributed by atoms with Crippen molar-refractivity contribution in [2.45, 2.75) is 25.8 Å². The molecule has 1 aromatic rings. The van der Waals surface area contributed by atoms with Crippen molar-refractivity contribution in [3.8, 4) is 5.75 Å². The van der Waals surface area contributed by atoms with Gasteiger partial charge in [-0.3, -0.25) is 4.90 Å². The quantitative estimate of drug-likeness (QED) is 0.901. The van der Waals surface area contributed by atoms with Crippen molar-refractivity contribution in [1.82, 2.24) is 4.90 Å². The summed E-state index contributed by atoms with van der Waals surface area (Å²) in [5.74, 6) is 0.893. The molecule has 1 aliphatic rings. The summed E-state index contributed by atoms with van der Waals surface area (Å²) in [5.41, 5.74) is 1.16. The van der Waals surface area contributed by atoms with Crippen LogP contribution in [0.15, 0.2) is 18.2 Å². The van der Waals surface area contributed by atoms with E-state index in [9.17, 15) is 5.11 Å². The standard InChI is InChI=1S/C15H22ClNO2/c1-11(10-18)15(17-7-3-4-8-17)12-5-6-14(19-2)13(16)9-12/h5-6,9,11,15,18H,3-4,7-8,10H2,1-2H3. The lowest BCUT2D eigenvalue weighted by atomic mass is 9.93. The summed E-state index contributed by atoms with van der Waals surface area (Å²) in [6.07, 6.45) is 2.47. The van der Waals surface area contributed by atoms with Gasteiger partial charge in [-0.2, -0.15) is 0 Å². The third kappa shape index (κ3) is 3.22. The number of aliphatic hydroxyl groups excluding tert-OH is 1. The molecule has 106 valence electrons. The molecule has 0 radical (unpaired) electrons. The Bertz CT molecular complexity index is 419. The highest BCUT2D eigenvalue weighted by molar-refractivity contribution is 6.32. The van der Waals surface area contributed by atoms with Crippen LogP contribution in [0, 0.1) is 5.92 Å². The van der Waals surface area contributed by atoms with Crippen LogP contribution in [0.5, 0.6) is 5.75 Å². The summed E-state index contributed by atoms with van der Waals surface area (Å²) in [6, 6.07) is 6.16. The summed E-state index contributed by atoms with van der Waals surface area (Å²) >= 11 is 6.22. The normalized spacial score (nSPS) is 19.4. The molecule has 2 atom stereocenters. The van der Waals surface area contributed by atoms with E-state index in [4.69, 9.17) is 16.3 Å². The minimum Gasteiger partial charge on any atom is -0.495 e. The molecule has 2 rings (SSSR count). The molecule has 1 fully saturated rings. The van der Waals surface area contributed by atoms with Crippen molar-refractivity contribution in [1.29, 1.82) is 0 Å². The molecule has 1 saturated heterocycles. The van der Waals surface area contributed by atoms with E-state index in [1.54, 1.807) is 7.11 Å². The zero-order valence-electron chi connectivity index (χ0n) is 11.6. The molecular formula is C15H22ClNO2. The average molecular weight is 284 g/mol. The topological polar surface area (TPSA) is 32.7 Å². The lowest BCUT2D eigenvalue weighted by molar-refractivity contribution is 0.126. The van der Waals surface area contributed by atoms with E-state index in [-0.39, 0.29) is 18.6 Å². The minimum atomic E-state index is 0.185. The molecule has 19 heavy (non-hydrogen) atoms. The zero-order chi connectivity index (χ0) is 13.8. The van der Waals surface area contributed by atoms with Crippen molar-refractivity contribution in [3.05, 3.63) is 28.8 Å². The molecule has 0 bridgehead atoms. The van der Waals surface area contributed by atoms with Crippen molar-refractivity contribution in [2.75, 3.05) is 26.8 Å². The van der Waals surface area contributed by atoms with E-state index in [0.717, 1.165) is 18.7 Å². The first-order valence-electron chi connectivity index (χ1n) is 6.85. The van der Waals surface area contributed by atoms with Gasteiger partial charge in [-0.25, -0.2) is 0 Å². The predicted octanol–water partition coefficient (Wildman–Crippen LogP) is 3.11. The molecule has 1 heterocycles. The van der Waals surface area contributed by atoms with Gasteiger partial charge in [-0.15, -0.1) is 0 Å². The highest BCUT2D eigenvalue weighted by Crippen LogP contribution is 2.35. The number of hydrogen-bond donors (Lipinski definition) is 1. The average Bonchev–Trinajstić information content (AvgIpc) is 2.93. The second kappa shape index (κ2) is 6.60. The Morgan fingerprint density at radius 2 is 2.05 bits per heavy atom. The van der Waals surface area contributed by atoms with E-state index >= 15 is 0 Å². The van der Waals surface area contributed by atoms with Gasteiger partial charge in [0, 0.05) is 12.6 Å². The number of aliphatic hydroxyl groups is 1. The Morgan fingerprint density at radius 1 is 1.37 bits per heavy atom. The van der Waals surface area contributed by atoms with Crippen LogP contribution in [0.1, 0.15) is 31.4 Å². The number of likely N-dealkylation sites (tertiary alicyclic amines) is 1. The number of halogens is 1. The largest absolute Gasteiger partial charge is 0.495 e. The van der Waals surface area contributed by atoms with E-state index < -0.39 is 0 Å². The first-order valence-corrected chi connectivity index (χ1v) is 7.23. The number of ether oxygens (including phenoxy) is 1. The number of methoxy groups -OCH3 is 1. The van der Waals surface area contributed by atoms with Crippen molar-refractivity contribution >= 4 is 11.6 Å². The minimum absolute atomic E-state index is 0.185. The molecule has 2 unspecified atom stereocenters. The zero-order valence-corrected chi connectivity index (χ0v) is 12.4. The molecule has 0 saturated carbocycles. The van der Waals surface area contributed by atoms with Gasteiger partial charge in [-0.1, -0.05) is 24.6 Å². The van der Waals surface area contributed by atoms with Gasteiger partial charge in [0.05, 0.1) is 12.1 Å². The maximum atomic E-state index is 9.51. The van der Waals surface area contributed by atoms with Crippen LogP contribution in [-0.4, -0.2) is 36.8 Å². The fourth-order valence-electron chi connectivity index (χ4n) is 2.89. The van der Waals surface area contributed by atoms with E-state index in [1.807, 2.05) is 12.1 Å². The number of hydrogen-bond acceptors (Lipinski definition) is 3. The molecule has 1 N–H and O–H groups in total. The number of benzene rings is 1. The molecule has 0 spiro atoms. The Morgan fingerprint density at radius 3 is 2.58 bits per heavy atom. The van der Waals surface area contributed by atoms with Crippen LogP contribution >= 0.6 is 11.6 Å². The molecule has 0 aliphatic carbocycles. The molecule has 1 aromatic carbocycles. The van der Waals surface area contributed by atoms with Crippen LogP contribution in [0.4, 0.5) is 0 Å². The maximum absolute atomic E-state index is 9.51. The highest BCUT2D eigenvalue weighted by Gasteiger charge is 2.28. The van der Waals surface area contributed by atoms with Gasteiger partial charge < -0.3 is 9.84 Å². The summed E-state index contributed by atoms with van der Waals surface area (Å²) < 4.78 is 5.20. The fourth-order valence-corrected chi connectivity index (χ4v) is 3.15. The van der Waals surface area contributed by atoms with Gasteiger partial charge >= 0.3 is 0 Å². The second-order valence-corrected chi connectivity index (χ2v) is 5.65. The van der Waals surface area contributed by atoms with E-state index in [0.29, 0.717) is 10.8 Å². The van der Waals surface area contributed by atoms with E-state index in [1.165, 1.54) is 12.8 Å². The Kier molecular flexibility index (Phi) is 5.08. The molecule has 0 amide bonds. The smallest absolute Gasteiger partial charge is 0.137 e. The lowest BCUT2D eigenvalue weighted by Gasteiger charge is -2.32. The molecule has 4 heteroatoms. The monoisotopic (exact) mass is 283 g/mol. The van der Waals surface area contributed by atoms with Gasteiger partial charge in [0.15, 0.2) is 0 Å². The van der Waals surface area contributed by atoms with Gasteiger partial charge in [-0.05, 0) is 49.5 Å².